The number of hydrogen-bond acceptors (Lipinski definition) is 3. The number of fused-ring (bicyclic) bond motifs is 1. The topological polar surface area (TPSA) is 29.9 Å². The maximum Gasteiger partial charge on any atom is 0.133 e. The number of aromatic nitrogens is 2. The fraction of sp³-hybridized carbons (Fsp3) is 0.133. The van der Waals surface area contributed by atoms with Gasteiger partial charge in [0.05, 0.1) is 10.6 Å². The SMILES string of the molecule is Clc1cc(Cl)cc(-n2nc(-c3cccs3)c3c2NCC3)c1. The Balaban J connectivity index is 1.92. The van der Waals surface area contributed by atoms with Gasteiger partial charge in [0.15, 0.2) is 0 Å². The monoisotopic (exact) mass is 335 g/mol. The quantitative estimate of drug-likeness (QED) is 0.723. The average molecular weight is 336 g/mol. The van der Waals surface area contributed by atoms with Crippen LogP contribution < -0.4 is 5.32 Å². The van der Waals surface area contributed by atoms with Crippen LogP contribution in [0.3, 0.4) is 0 Å². The molecule has 0 fully saturated rings. The van der Waals surface area contributed by atoms with Crippen LogP contribution in [0.25, 0.3) is 16.3 Å². The van der Waals surface area contributed by atoms with E-state index in [4.69, 9.17) is 28.3 Å². The number of anilines is 1. The highest BCUT2D eigenvalue weighted by Gasteiger charge is 2.24. The van der Waals surface area contributed by atoms with Crippen LogP contribution in [0.4, 0.5) is 5.82 Å². The molecule has 1 aromatic carbocycles. The summed E-state index contributed by atoms with van der Waals surface area (Å²) >= 11 is 13.9. The van der Waals surface area contributed by atoms with Crippen molar-refractivity contribution >= 4 is 40.4 Å². The van der Waals surface area contributed by atoms with Crippen LogP contribution in [0, 0.1) is 0 Å². The summed E-state index contributed by atoms with van der Waals surface area (Å²) in [5, 5.41) is 11.5. The van der Waals surface area contributed by atoms with Gasteiger partial charge >= 0.3 is 0 Å². The van der Waals surface area contributed by atoms with Crippen LogP contribution in [0.2, 0.25) is 10.0 Å². The Kier molecular flexibility index (Phi) is 3.17. The number of benzene rings is 1. The summed E-state index contributed by atoms with van der Waals surface area (Å²) in [7, 11) is 0. The number of hydrogen-bond donors (Lipinski definition) is 1. The predicted octanol–water partition coefficient (Wildman–Crippen LogP) is 4.88. The number of rotatable bonds is 2. The van der Waals surface area contributed by atoms with E-state index in [-0.39, 0.29) is 0 Å². The van der Waals surface area contributed by atoms with Crippen molar-refractivity contribution < 1.29 is 0 Å². The molecule has 106 valence electrons. The van der Waals surface area contributed by atoms with Crippen molar-refractivity contribution in [1.29, 1.82) is 0 Å². The third-order valence-corrected chi connectivity index (χ3v) is 4.81. The molecular formula is C15H11Cl2N3S. The van der Waals surface area contributed by atoms with Crippen LogP contribution in [-0.2, 0) is 6.42 Å². The van der Waals surface area contributed by atoms with Gasteiger partial charge in [0, 0.05) is 22.2 Å². The summed E-state index contributed by atoms with van der Waals surface area (Å²) < 4.78 is 1.90. The van der Waals surface area contributed by atoms with E-state index in [2.05, 4.69) is 16.8 Å². The Morgan fingerprint density at radius 2 is 2.00 bits per heavy atom. The lowest BCUT2D eigenvalue weighted by Gasteiger charge is -2.07. The number of nitrogens with zero attached hydrogens (tertiary/aromatic N) is 2. The van der Waals surface area contributed by atoms with Crippen LogP contribution in [-0.4, -0.2) is 16.3 Å². The molecule has 4 rings (SSSR count). The molecule has 1 N–H and O–H groups in total. The van der Waals surface area contributed by atoms with Gasteiger partial charge in [-0.25, -0.2) is 4.68 Å². The Hall–Kier alpha value is -1.49. The van der Waals surface area contributed by atoms with E-state index in [0.717, 1.165) is 30.2 Å². The first-order chi connectivity index (χ1) is 10.2. The smallest absolute Gasteiger partial charge is 0.133 e. The van der Waals surface area contributed by atoms with Crippen molar-refractivity contribution in [2.45, 2.75) is 6.42 Å². The van der Waals surface area contributed by atoms with E-state index in [1.807, 2.05) is 22.9 Å². The molecule has 2 aromatic heterocycles. The molecule has 21 heavy (non-hydrogen) atoms. The largest absolute Gasteiger partial charge is 0.369 e. The minimum absolute atomic E-state index is 0.609. The van der Waals surface area contributed by atoms with E-state index in [9.17, 15) is 0 Å². The second-order valence-corrected chi connectivity index (χ2v) is 6.69. The fourth-order valence-electron chi connectivity index (χ4n) is 2.63. The molecule has 6 heteroatoms. The van der Waals surface area contributed by atoms with E-state index < -0.39 is 0 Å². The van der Waals surface area contributed by atoms with Gasteiger partial charge in [-0.1, -0.05) is 29.3 Å². The fourth-order valence-corrected chi connectivity index (χ4v) is 3.89. The van der Waals surface area contributed by atoms with Gasteiger partial charge in [-0.3, -0.25) is 0 Å². The van der Waals surface area contributed by atoms with E-state index in [0.29, 0.717) is 10.0 Å². The summed E-state index contributed by atoms with van der Waals surface area (Å²) in [6, 6.07) is 9.62. The summed E-state index contributed by atoms with van der Waals surface area (Å²) in [4.78, 5) is 1.18. The first-order valence-electron chi connectivity index (χ1n) is 6.58. The van der Waals surface area contributed by atoms with Gasteiger partial charge in [-0.15, -0.1) is 11.3 Å². The minimum Gasteiger partial charge on any atom is -0.369 e. The second kappa shape index (κ2) is 5.05. The molecule has 0 saturated heterocycles. The highest BCUT2D eigenvalue weighted by molar-refractivity contribution is 7.13. The molecule has 3 heterocycles. The highest BCUT2D eigenvalue weighted by Crippen LogP contribution is 2.37. The average Bonchev–Trinajstić information content (AvgIpc) is 3.14. The van der Waals surface area contributed by atoms with Crippen molar-refractivity contribution in [3.05, 3.63) is 51.3 Å². The van der Waals surface area contributed by atoms with Crippen molar-refractivity contribution in [3.63, 3.8) is 0 Å². The normalized spacial score (nSPS) is 13.2. The lowest BCUT2D eigenvalue weighted by molar-refractivity contribution is 0.883. The van der Waals surface area contributed by atoms with Crippen LogP contribution >= 0.6 is 34.5 Å². The predicted molar refractivity (Wildman–Crippen MR) is 89.1 cm³/mol. The molecular weight excluding hydrogens is 325 g/mol. The van der Waals surface area contributed by atoms with Gasteiger partial charge in [0.25, 0.3) is 0 Å². The summed E-state index contributed by atoms with van der Waals surface area (Å²) in [6.45, 7) is 0.930. The van der Waals surface area contributed by atoms with E-state index >= 15 is 0 Å². The molecule has 0 radical (unpaired) electrons. The van der Waals surface area contributed by atoms with Crippen LogP contribution in [0.5, 0.6) is 0 Å². The molecule has 0 spiro atoms. The standard InChI is InChI=1S/C15H11Cl2N3S/c16-9-6-10(17)8-11(7-9)20-15-12(3-4-18-15)14(19-20)13-2-1-5-21-13/h1-2,5-8,18H,3-4H2. The van der Waals surface area contributed by atoms with Gasteiger partial charge < -0.3 is 5.32 Å². The molecule has 1 aliphatic heterocycles. The number of halogens is 2. The molecule has 0 atom stereocenters. The van der Waals surface area contributed by atoms with Gasteiger partial charge in [-0.05, 0) is 36.1 Å². The second-order valence-electron chi connectivity index (χ2n) is 4.87. The summed E-state index contributed by atoms with van der Waals surface area (Å²) in [6.07, 6.45) is 0.983. The van der Waals surface area contributed by atoms with Crippen molar-refractivity contribution in [1.82, 2.24) is 9.78 Å². The maximum atomic E-state index is 6.11. The molecule has 0 bridgehead atoms. The number of thiophene rings is 1. The maximum absolute atomic E-state index is 6.11. The highest BCUT2D eigenvalue weighted by atomic mass is 35.5. The van der Waals surface area contributed by atoms with E-state index in [1.165, 1.54) is 10.4 Å². The third-order valence-electron chi connectivity index (χ3n) is 3.50. The Labute approximate surface area is 136 Å². The zero-order chi connectivity index (χ0) is 14.4. The third kappa shape index (κ3) is 2.24. The first kappa shape index (κ1) is 13.2. The van der Waals surface area contributed by atoms with Crippen molar-refractivity contribution in [2.24, 2.45) is 0 Å². The van der Waals surface area contributed by atoms with E-state index in [1.54, 1.807) is 17.4 Å². The molecule has 0 unspecified atom stereocenters. The zero-order valence-electron chi connectivity index (χ0n) is 10.9. The summed E-state index contributed by atoms with van der Waals surface area (Å²) in [5.41, 5.74) is 3.18. The number of nitrogens with one attached hydrogen (secondary N) is 1. The van der Waals surface area contributed by atoms with Crippen molar-refractivity contribution in [2.75, 3.05) is 11.9 Å². The Morgan fingerprint density at radius 1 is 1.19 bits per heavy atom. The Bertz CT molecular complexity index is 788. The molecule has 0 saturated carbocycles. The van der Waals surface area contributed by atoms with Gasteiger partial charge in [0.2, 0.25) is 0 Å². The molecule has 0 aliphatic carbocycles. The first-order valence-corrected chi connectivity index (χ1v) is 8.22. The lowest BCUT2D eigenvalue weighted by Crippen LogP contribution is -2.04. The van der Waals surface area contributed by atoms with Crippen LogP contribution in [0.15, 0.2) is 35.7 Å². The van der Waals surface area contributed by atoms with Gasteiger partial charge in [-0.2, -0.15) is 5.10 Å². The Morgan fingerprint density at radius 3 is 2.71 bits per heavy atom. The zero-order valence-corrected chi connectivity index (χ0v) is 13.3. The molecule has 3 nitrogen and oxygen atoms in total. The molecule has 0 amide bonds. The molecule has 3 aromatic rings. The molecule has 1 aliphatic rings. The van der Waals surface area contributed by atoms with Gasteiger partial charge in [0.1, 0.15) is 11.5 Å². The lowest BCUT2D eigenvalue weighted by atomic mass is 10.2. The minimum atomic E-state index is 0.609. The summed E-state index contributed by atoms with van der Waals surface area (Å²) in [5.74, 6) is 1.04. The van der Waals surface area contributed by atoms with Crippen molar-refractivity contribution in [3.8, 4) is 16.3 Å². The van der Waals surface area contributed by atoms with Crippen LogP contribution in [0.1, 0.15) is 5.56 Å².